The zero-order valence-corrected chi connectivity index (χ0v) is 13.4. The van der Waals surface area contributed by atoms with Gasteiger partial charge in [-0.2, -0.15) is 0 Å². The molecule has 2 aliphatic rings. The highest BCUT2D eigenvalue weighted by molar-refractivity contribution is 6.30. The van der Waals surface area contributed by atoms with Gasteiger partial charge in [0.2, 0.25) is 0 Å². The minimum atomic E-state index is -0.0215. The summed E-state index contributed by atoms with van der Waals surface area (Å²) in [4.78, 5) is 0. The Balaban J connectivity index is 1.67. The number of nitrogens with one attached hydrogen (secondary N) is 1. The SMILES string of the molecule is CNC(Cc1cccc(Cl)c1)C1CCOC2(CCOC2)C1. The van der Waals surface area contributed by atoms with Gasteiger partial charge in [0.05, 0.1) is 12.2 Å². The molecule has 0 saturated carbocycles. The molecule has 0 aliphatic carbocycles. The largest absolute Gasteiger partial charge is 0.378 e. The van der Waals surface area contributed by atoms with Crippen molar-refractivity contribution in [1.29, 1.82) is 0 Å². The van der Waals surface area contributed by atoms with Crippen molar-refractivity contribution in [3.05, 3.63) is 34.9 Å². The lowest BCUT2D eigenvalue weighted by Gasteiger charge is -2.40. The predicted octanol–water partition coefficient (Wildman–Crippen LogP) is 3.06. The molecule has 2 saturated heterocycles. The molecule has 3 atom stereocenters. The minimum Gasteiger partial charge on any atom is -0.378 e. The zero-order valence-electron chi connectivity index (χ0n) is 12.6. The van der Waals surface area contributed by atoms with Gasteiger partial charge in [-0.05, 0) is 49.9 Å². The van der Waals surface area contributed by atoms with E-state index in [1.165, 1.54) is 5.56 Å². The van der Waals surface area contributed by atoms with E-state index in [0.29, 0.717) is 12.0 Å². The summed E-state index contributed by atoms with van der Waals surface area (Å²) in [7, 11) is 2.06. The topological polar surface area (TPSA) is 30.5 Å². The molecule has 1 aromatic rings. The molecule has 3 unspecified atom stereocenters. The number of likely N-dealkylation sites (N-methyl/N-ethyl adjacent to an activating group) is 1. The van der Waals surface area contributed by atoms with Crippen molar-refractivity contribution < 1.29 is 9.47 Å². The fourth-order valence-electron chi connectivity index (χ4n) is 3.69. The van der Waals surface area contributed by atoms with Gasteiger partial charge in [-0.15, -0.1) is 0 Å². The maximum Gasteiger partial charge on any atom is 0.0939 e. The van der Waals surface area contributed by atoms with Crippen molar-refractivity contribution in [1.82, 2.24) is 5.32 Å². The lowest BCUT2D eigenvalue weighted by atomic mass is 9.79. The molecule has 1 spiro atoms. The molecule has 2 heterocycles. The first-order valence-corrected chi connectivity index (χ1v) is 8.22. The quantitative estimate of drug-likeness (QED) is 0.927. The molecule has 3 nitrogen and oxygen atoms in total. The number of rotatable bonds is 4. The molecule has 3 rings (SSSR count). The second-order valence-electron chi connectivity index (χ2n) is 6.32. The van der Waals surface area contributed by atoms with E-state index in [2.05, 4.69) is 24.5 Å². The van der Waals surface area contributed by atoms with Crippen LogP contribution in [0.2, 0.25) is 5.02 Å². The van der Waals surface area contributed by atoms with Crippen LogP contribution in [-0.4, -0.2) is 38.5 Å². The smallest absolute Gasteiger partial charge is 0.0939 e. The van der Waals surface area contributed by atoms with Crippen LogP contribution in [0.5, 0.6) is 0 Å². The fraction of sp³-hybridized carbons (Fsp3) is 0.647. The van der Waals surface area contributed by atoms with E-state index < -0.39 is 0 Å². The average Bonchev–Trinajstić information content (AvgIpc) is 2.92. The number of hydrogen-bond acceptors (Lipinski definition) is 3. The second kappa shape index (κ2) is 6.66. The molecule has 4 heteroatoms. The summed E-state index contributed by atoms with van der Waals surface area (Å²) in [6.45, 7) is 2.45. The van der Waals surface area contributed by atoms with Crippen molar-refractivity contribution in [2.24, 2.45) is 5.92 Å². The Hall–Kier alpha value is -0.610. The molecule has 0 radical (unpaired) electrons. The maximum atomic E-state index is 6.10. The van der Waals surface area contributed by atoms with E-state index in [1.807, 2.05) is 12.1 Å². The summed E-state index contributed by atoms with van der Waals surface area (Å²) in [5, 5.41) is 4.32. The monoisotopic (exact) mass is 309 g/mol. The van der Waals surface area contributed by atoms with Gasteiger partial charge in [-0.25, -0.2) is 0 Å². The second-order valence-corrected chi connectivity index (χ2v) is 6.75. The first kappa shape index (κ1) is 15.3. The Kier molecular flexibility index (Phi) is 4.85. The Labute approximate surface area is 132 Å². The van der Waals surface area contributed by atoms with Crippen molar-refractivity contribution in [3.63, 3.8) is 0 Å². The van der Waals surface area contributed by atoms with Crippen molar-refractivity contribution in [3.8, 4) is 0 Å². The highest BCUT2D eigenvalue weighted by Gasteiger charge is 2.42. The van der Waals surface area contributed by atoms with Crippen LogP contribution in [-0.2, 0) is 15.9 Å². The number of halogens is 1. The van der Waals surface area contributed by atoms with Gasteiger partial charge in [-0.1, -0.05) is 23.7 Å². The van der Waals surface area contributed by atoms with Gasteiger partial charge in [0.25, 0.3) is 0 Å². The Bertz CT molecular complexity index is 474. The summed E-state index contributed by atoms with van der Waals surface area (Å²) >= 11 is 6.10. The number of hydrogen-bond donors (Lipinski definition) is 1. The van der Waals surface area contributed by atoms with Crippen molar-refractivity contribution >= 4 is 11.6 Å². The van der Waals surface area contributed by atoms with Crippen LogP contribution in [0.1, 0.15) is 24.8 Å². The maximum absolute atomic E-state index is 6.10. The van der Waals surface area contributed by atoms with E-state index in [-0.39, 0.29) is 5.60 Å². The summed E-state index contributed by atoms with van der Waals surface area (Å²) in [5.74, 6) is 0.629. The van der Waals surface area contributed by atoms with E-state index in [1.54, 1.807) is 0 Å². The fourth-order valence-corrected chi connectivity index (χ4v) is 3.91. The van der Waals surface area contributed by atoms with E-state index >= 15 is 0 Å². The van der Waals surface area contributed by atoms with Gasteiger partial charge >= 0.3 is 0 Å². The van der Waals surface area contributed by atoms with Gasteiger partial charge in [0.15, 0.2) is 0 Å². The third-order valence-electron chi connectivity index (χ3n) is 4.88. The molecular weight excluding hydrogens is 286 g/mol. The molecule has 0 amide bonds. The highest BCUT2D eigenvalue weighted by atomic mass is 35.5. The van der Waals surface area contributed by atoms with Crippen LogP contribution >= 0.6 is 11.6 Å². The lowest BCUT2D eigenvalue weighted by molar-refractivity contribution is -0.102. The van der Waals surface area contributed by atoms with Crippen LogP contribution in [0.25, 0.3) is 0 Å². The summed E-state index contributed by atoms with van der Waals surface area (Å²) < 4.78 is 11.6. The molecule has 116 valence electrons. The third-order valence-corrected chi connectivity index (χ3v) is 5.12. The summed E-state index contributed by atoms with van der Waals surface area (Å²) in [5.41, 5.74) is 1.27. The lowest BCUT2D eigenvalue weighted by Crippen LogP contribution is -2.47. The third kappa shape index (κ3) is 3.59. The van der Waals surface area contributed by atoms with Crippen LogP contribution < -0.4 is 5.32 Å². The molecule has 1 N–H and O–H groups in total. The molecule has 2 aliphatic heterocycles. The molecule has 2 fully saturated rings. The average molecular weight is 310 g/mol. The Morgan fingerprint density at radius 2 is 2.33 bits per heavy atom. The molecule has 21 heavy (non-hydrogen) atoms. The Morgan fingerprint density at radius 1 is 1.43 bits per heavy atom. The minimum absolute atomic E-state index is 0.0215. The molecule has 0 aromatic heterocycles. The van der Waals surface area contributed by atoms with Crippen molar-refractivity contribution in [2.45, 2.75) is 37.3 Å². The standard InChI is InChI=1S/C17H24ClNO2/c1-19-16(10-13-3-2-4-15(18)9-13)14-5-7-21-17(11-14)6-8-20-12-17/h2-4,9,14,16,19H,5-8,10-12H2,1H3. The van der Waals surface area contributed by atoms with Gasteiger partial charge in [-0.3, -0.25) is 0 Å². The van der Waals surface area contributed by atoms with E-state index in [9.17, 15) is 0 Å². The summed E-state index contributed by atoms with van der Waals surface area (Å²) in [6, 6.07) is 8.65. The Morgan fingerprint density at radius 3 is 3.05 bits per heavy atom. The molecule has 1 aromatic carbocycles. The zero-order chi connectivity index (χ0) is 14.7. The van der Waals surface area contributed by atoms with E-state index in [4.69, 9.17) is 21.1 Å². The van der Waals surface area contributed by atoms with Crippen LogP contribution in [0.4, 0.5) is 0 Å². The first-order valence-electron chi connectivity index (χ1n) is 7.84. The van der Waals surface area contributed by atoms with Crippen LogP contribution in [0.3, 0.4) is 0 Å². The van der Waals surface area contributed by atoms with Crippen LogP contribution in [0, 0.1) is 5.92 Å². The first-order chi connectivity index (χ1) is 10.2. The summed E-state index contributed by atoms with van der Waals surface area (Å²) in [6.07, 6.45) is 4.27. The van der Waals surface area contributed by atoms with E-state index in [0.717, 1.165) is 50.5 Å². The van der Waals surface area contributed by atoms with Crippen LogP contribution in [0.15, 0.2) is 24.3 Å². The number of ether oxygens (including phenoxy) is 2. The van der Waals surface area contributed by atoms with Gasteiger partial charge < -0.3 is 14.8 Å². The van der Waals surface area contributed by atoms with Crippen molar-refractivity contribution in [2.75, 3.05) is 26.9 Å². The normalized spacial score (nSPS) is 30.7. The number of benzene rings is 1. The predicted molar refractivity (Wildman–Crippen MR) is 84.8 cm³/mol. The molecular formula is C17H24ClNO2. The van der Waals surface area contributed by atoms with Gasteiger partial charge in [0, 0.05) is 30.7 Å². The van der Waals surface area contributed by atoms with Gasteiger partial charge in [0.1, 0.15) is 0 Å². The highest BCUT2D eigenvalue weighted by Crippen LogP contribution is 2.37. The molecule has 0 bridgehead atoms.